The zero-order valence-corrected chi connectivity index (χ0v) is 15.6. The highest BCUT2D eigenvalue weighted by molar-refractivity contribution is 6.42. The largest absolute Gasteiger partial charge is 0.357 e. The highest BCUT2D eigenvalue weighted by Gasteiger charge is 2.27. The van der Waals surface area contributed by atoms with E-state index in [0.29, 0.717) is 33.8 Å². The van der Waals surface area contributed by atoms with Gasteiger partial charge in [0.05, 0.1) is 21.1 Å². The van der Waals surface area contributed by atoms with Gasteiger partial charge in [0.25, 0.3) is 5.91 Å². The molecule has 1 aliphatic heterocycles. The van der Waals surface area contributed by atoms with E-state index in [-0.39, 0.29) is 5.91 Å². The van der Waals surface area contributed by atoms with Crippen molar-refractivity contribution in [2.75, 3.05) is 29.9 Å². The molecule has 1 aromatic heterocycles. The molecule has 0 saturated heterocycles. The van der Waals surface area contributed by atoms with E-state index >= 15 is 0 Å². The molecule has 7 heteroatoms. The van der Waals surface area contributed by atoms with Crippen LogP contribution in [0, 0.1) is 0 Å². The summed E-state index contributed by atoms with van der Waals surface area (Å²) in [6.07, 6.45) is 0.817. The third-order valence-electron chi connectivity index (χ3n) is 4.44. The molecule has 1 amide bonds. The maximum Gasteiger partial charge on any atom is 0.259 e. The minimum Gasteiger partial charge on any atom is -0.357 e. The minimum absolute atomic E-state index is 0.162. The first-order valence-electron chi connectivity index (χ1n) is 8.29. The Labute approximate surface area is 161 Å². The molecule has 132 valence electrons. The van der Waals surface area contributed by atoms with Gasteiger partial charge in [0.2, 0.25) is 0 Å². The standard InChI is InChI=1S/C19H16Cl2N4O/c1-24-9-4-10-25(19(26)12-7-8-13(20)14(21)11-12)18-17(24)22-15-5-2-3-6-16(15)23-18/h2-3,5-8,11H,4,9-10H2,1H3. The Kier molecular flexibility index (Phi) is 4.42. The summed E-state index contributed by atoms with van der Waals surface area (Å²) in [5.74, 6) is 1.11. The van der Waals surface area contributed by atoms with Crippen LogP contribution in [0.2, 0.25) is 10.0 Å². The van der Waals surface area contributed by atoms with Crippen molar-refractivity contribution in [3.63, 3.8) is 0 Å². The van der Waals surface area contributed by atoms with Gasteiger partial charge in [0.1, 0.15) is 0 Å². The maximum absolute atomic E-state index is 13.2. The summed E-state index contributed by atoms with van der Waals surface area (Å²) in [4.78, 5) is 26.3. The quantitative estimate of drug-likeness (QED) is 0.620. The molecule has 1 aliphatic rings. The lowest BCUT2D eigenvalue weighted by Gasteiger charge is -2.23. The Morgan fingerprint density at radius 1 is 0.962 bits per heavy atom. The fourth-order valence-corrected chi connectivity index (χ4v) is 3.38. The van der Waals surface area contributed by atoms with E-state index in [1.807, 2.05) is 36.2 Å². The molecule has 2 heterocycles. The number of amides is 1. The number of carbonyl (C=O) groups excluding carboxylic acids is 1. The number of nitrogens with zero attached hydrogens (tertiary/aromatic N) is 4. The van der Waals surface area contributed by atoms with Crippen molar-refractivity contribution < 1.29 is 4.79 Å². The number of para-hydroxylation sites is 2. The SMILES string of the molecule is CN1CCCN(C(=O)c2ccc(Cl)c(Cl)c2)c2nc3ccccc3nc21. The monoisotopic (exact) mass is 386 g/mol. The average molecular weight is 387 g/mol. The van der Waals surface area contributed by atoms with Gasteiger partial charge in [-0.15, -0.1) is 0 Å². The van der Waals surface area contributed by atoms with Crippen LogP contribution in [0.1, 0.15) is 16.8 Å². The lowest BCUT2D eigenvalue weighted by Crippen LogP contribution is -2.32. The molecule has 0 fully saturated rings. The number of hydrogen-bond donors (Lipinski definition) is 0. The van der Waals surface area contributed by atoms with Crippen molar-refractivity contribution in [2.45, 2.75) is 6.42 Å². The van der Waals surface area contributed by atoms with Crippen molar-refractivity contribution in [3.05, 3.63) is 58.1 Å². The topological polar surface area (TPSA) is 49.3 Å². The van der Waals surface area contributed by atoms with Crippen molar-refractivity contribution >= 4 is 51.8 Å². The summed E-state index contributed by atoms with van der Waals surface area (Å²) < 4.78 is 0. The summed E-state index contributed by atoms with van der Waals surface area (Å²) in [6.45, 7) is 1.36. The van der Waals surface area contributed by atoms with Gasteiger partial charge < -0.3 is 4.90 Å². The molecule has 0 radical (unpaired) electrons. The molecule has 26 heavy (non-hydrogen) atoms. The van der Waals surface area contributed by atoms with E-state index < -0.39 is 0 Å². The second kappa shape index (κ2) is 6.74. The number of carbonyl (C=O) groups is 1. The normalized spacial score (nSPS) is 14.3. The molecule has 2 aromatic carbocycles. The van der Waals surface area contributed by atoms with Gasteiger partial charge in [-0.3, -0.25) is 9.69 Å². The molecule has 0 bridgehead atoms. The summed E-state index contributed by atoms with van der Waals surface area (Å²) in [5.41, 5.74) is 2.04. The molecule has 5 nitrogen and oxygen atoms in total. The van der Waals surface area contributed by atoms with E-state index in [2.05, 4.69) is 0 Å². The molecule has 0 aliphatic carbocycles. The van der Waals surface area contributed by atoms with E-state index in [4.69, 9.17) is 33.2 Å². The lowest BCUT2D eigenvalue weighted by molar-refractivity contribution is 0.0986. The number of fused-ring (bicyclic) bond motifs is 2. The first kappa shape index (κ1) is 17.1. The van der Waals surface area contributed by atoms with Crippen LogP contribution in [0.4, 0.5) is 11.6 Å². The molecular formula is C19H16Cl2N4O. The second-order valence-corrected chi connectivity index (χ2v) is 7.03. The van der Waals surface area contributed by atoms with Gasteiger partial charge in [-0.2, -0.15) is 0 Å². The summed E-state index contributed by atoms with van der Waals surface area (Å²) in [7, 11) is 1.97. The van der Waals surface area contributed by atoms with Crippen LogP contribution in [-0.4, -0.2) is 36.0 Å². The molecule has 0 N–H and O–H groups in total. The molecule has 0 saturated carbocycles. The number of anilines is 2. The second-order valence-electron chi connectivity index (χ2n) is 6.22. The van der Waals surface area contributed by atoms with Gasteiger partial charge in [0, 0.05) is 25.7 Å². The molecule has 0 unspecified atom stereocenters. The van der Waals surface area contributed by atoms with Crippen molar-refractivity contribution in [3.8, 4) is 0 Å². The maximum atomic E-state index is 13.2. The Morgan fingerprint density at radius 2 is 1.65 bits per heavy atom. The first-order chi connectivity index (χ1) is 12.5. The lowest BCUT2D eigenvalue weighted by atomic mass is 10.2. The van der Waals surface area contributed by atoms with E-state index in [1.54, 1.807) is 23.1 Å². The van der Waals surface area contributed by atoms with Crippen molar-refractivity contribution in [2.24, 2.45) is 0 Å². The van der Waals surface area contributed by atoms with Crippen LogP contribution in [0.15, 0.2) is 42.5 Å². The number of halogens is 2. The van der Waals surface area contributed by atoms with Crippen LogP contribution in [0.3, 0.4) is 0 Å². The molecular weight excluding hydrogens is 371 g/mol. The predicted molar refractivity (Wildman–Crippen MR) is 106 cm³/mol. The predicted octanol–water partition coefficient (Wildman–Crippen LogP) is 4.42. The van der Waals surface area contributed by atoms with Crippen molar-refractivity contribution in [1.82, 2.24) is 9.97 Å². The van der Waals surface area contributed by atoms with Gasteiger partial charge in [-0.1, -0.05) is 35.3 Å². The van der Waals surface area contributed by atoms with E-state index in [1.165, 1.54) is 0 Å². The third kappa shape index (κ3) is 2.97. The number of hydrogen-bond acceptors (Lipinski definition) is 4. The first-order valence-corrected chi connectivity index (χ1v) is 9.05. The number of aromatic nitrogens is 2. The van der Waals surface area contributed by atoms with Crippen LogP contribution in [-0.2, 0) is 0 Å². The fourth-order valence-electron chi connectivity index (χ4n) is 3.08. The van der Waals surface area contributed by atoms with Crippen LogP contribution in [0.5, 0.6) is 0 Å². The minimum atomic E-state index is -0.162. The van der Waals surface area contributed by atoms with Crippen molar-refractivity contribution in [1.29, 1.82) is 0 Å². The van der Waals surface area contributed by atoms with E-state index in [9.17, 15) is 4.79 Å². The zero-order chi connectivity index (χ0) is 18.3. The van der Waals surface area contributed by atoms with Gasteiger partial charge in [-0.05, 0) is 36.8 Å². The molecule has 3 aromatic rings. The Hall–Kier alpha value is -2.37. The smallest absolute Gasteiger partial charge is 0.259 e. The zero-order valence-electron chi connectivity index (χ0n) is 14.1. The summed E-state index contributed by atoms with van der Waals surface area (Å²) >= 11 is 12.1. The van der Waals surface area contributed by atoms with Gasteiger partial charge in [-0.25, -0.2) is 9.97 Å². The van der Waals surface area contributed by atoms with Crippen LogP contribution >= 0.6 is 23.2 Å². The van der Waals surface area contributed by atoms with Gasteiger partial charge >= 0.3 is 0 Å². The van der Waals surface area contributed by atoms with Gasteiger partial charge in [0.15, 0.2) is 11.6 Å². The molecule has 4 rings (SSSR count). The Bertz CT molecular complexity index is 1010. The number of benzene rings is 2. The Morgan fingerprint density at radius 3 is 2.35 bits per heavy atom. The number of rotatable bonds is 1. The van der Waals surface area contributed by atoms with E-state index in [0.717, 1.165) is 24.0 Å². The average Bonchev–Trinajstić information content (AvgIpc) is 2.80. The summed E-state index contributed by atoms with van der Waals surface area (Å²) in [6, 6.07) is 12.6. The molecule has 0 spiro atoms. The highest BCUT2D eigenvalue weighted by atomic mass is 35.5. The van der Waals surface area contributed by atoms with Crippen LogP contribution in [0.25, 0.3) is 11.0 Å². The third-order valence-corrected chi connectivity index (χ3v) is 5.18. The summed E-state index contributed by atoms with van der Waals surface area (Å²) in [5, 5.41) is 0.777. The van der Waals surface area contributed by atoms with Crippen LogP contribution < -0.4 is 9.80 Å². The fraction of sp³-hybridized carbons (Fsp3) is 0.211. The highest BCUT2D eigenvalue weighted by Crippen LogP contribution is 2.32. The molecule has 0 atom stereocenters. The Balaban J connectivity index is 1.84.